The largest absolute Gasteiger partial charge is 0.0732 e. The third-order valence-corrected chi connectivity index (χ3v) is 12.8. The van der Waals surface area contributed by atoms with Gasteiger partial charge in [0, 0.05) is 0 Å². The molecule has 0 heterocycles. The molecule has 2 aliphatic carbocycles. The van der Waals surface area contributed by atoms with Crippen molar-refractivity contribution in [1.82, 2.24) is 0 Å². The Morgan fingerprint density at radius 3 is 1.66 bits per heavy atom. The number of rotatable bonds is 1. The van der Waals surface area contributed by atoms with E-state index in [1.54, 1.807) is 0 Å². The van der Waals surface area contributed by atoms with Gasteiger partial charge in [0.25, 0.3) is 0 Å². The van der Waals surface area contributed by atoms with E-state index >= 15 is 0 Å². The van der Waals surface area contributed by atoms with Crippen molar-refractivity contribution >= 4 is 64.6 Å². The lowest BCUT2D eigenvalue weighted by Crippen LogP contribution is -2.26. The van der Waals surface area contributed by atoms with Gasteiger partial charge < -0.3 is 0 Å². The van der Waals surface area contributed by atoms with Crippen LogP contribution in [0.5, 0.6) is 0 Å². The Morgan fingerprint density at radius 2 is 0.868 bits per heavy atom. The van der Waals surface area contributed by atoms with Gasteiger partial charge in [-0.1, -0.05) is 176 Å². The maximum absolute atomic E-state index is 2.49. The lowest BCUT2D eigenvalue weighted by molar-refractivity contribution is 0.802. The molecule has 11 aromatic rings. The average Bonchev–Trinajstić information content (AvgIpc) is 3.71. The van der Waals surface area contributed by atoms with E-state index in [2.05, 4.69) is 182 Å². The van der Waals surface area contributed by atoms with E-state index in [0.29, 0.717) is 0 Å². The maximum Gasteiger partial charge on any atom is 0.0732 e. The lowest BCUT2D eigenvalue weighted by Gasteiger charge is -2.32. The first-order valence-corrected chi connectivity index (χ1v) is 18.7. The van der Waals surface area contributed by atoms with Crippen molar-refractivity contribution in [2.75, 3.05) is 0 Å². The third-order valence-electron chi connectivity index (χ3n) is 12.8. The SMILES string of the molecule is c1ccc2c(c1)-c1ccccc1C21c2ccc3ccccc3c2-c2c1c1ccc(-c3ccc4ccc5cccc6ccc3c4c56)cc1c1ccccc21. The van der Waals surface area contributed by atoms with Gasteiger partial charge >= 0.3 is 0 Å². The quantitative estimate of drug-likeness (QED) is 0.153. The van der Waals surface area contributed by atoms with Crippen LogP contribution in [0.15, 0.2) is 182 Å². The van der Waals surface area contributed by atoms with E-state index in [0.717, 1.165) is 0 Å². The van der Waals surface area contributed by atoms with Gasteiger partial charge in [-0.2, -0.15) is 0 Å². The molecule has 0 aliphatic heterocycles. The first-order chi connectivity index (χ1) is 26.3. The Kier molecular flexibility index (Phi) is 5.14. The zero-order chi connectivity index (χ0) is 34.4. The highest BCUT2D eigenvalue weighted by atomic mass is 14.5. The molecule has 0 saturated carbocycles. The molecule has 0 unspecified atom stereocenters. The van der Waals surface area contributed by atoms with Gasteiger partial charge in [0.05, 0.1) is 5.41 Å². The minimum atomic E-state index is -0.446. The van der Waals surface area contributed by atoms with Crippen LogP contribution in [0.3, 0.4) is 0 Å². The monoisotopic (exact) mass is 666 g/mol. The summed E-state index contributed by atoms with van der Waals surface area (Å²) < 4.78 is 0. The molecule has 0 amide bonds. The molecule has 53 heavy (non-hydrogen) atoms. The maximum atomic E-state index is 2.49. The van der Waals surface area contributed by atoms with E-state index in [-0.39, 0.29) is 0 Å². The summed E-state index contributed by atoms with van der Waals surface area (Å²) in [4.78, 5) is 0. The molecule has 13 rings (SSSR count). The minimum Gasteiger partial charge on any atom is -0.0619 e. The molecule has 11 aromatic carbocycles. The van der Waals surface area contributed by atoms with Gasteiger partial charge in [0.1, 0.15) is 0 Å². The van der Waals surface area contributed by atoms with Crippen LogP contribution in [0.4, 0.5) is 0 Å². The Morgan fingerprint density at radius 1 is 0.283 bits per heavy atom. The van der Waals surface area contributed by atoms with Crippen LogP contribution in [0.25, 0.3) is 98.0 Å². The molecule has 0 radical (unpaired) electrons. The van der Waals surface area contributed by atoms with Crippen LogP contribution in [0.2, 0.25) is 0 Å². The minimum absolute atomic E-state index is 0.446. The molecule has 2 aliphatic rings. The normalized spacial score (nSPS) is 13.8. The van der Waals surface area contributed by atoms with Crippen molar-refractivity contribution in [3.63, 3.8) is 0 Å². The van der Waals surface area contributed by atoms with E-state index in [4.69, 9.17) is 0 Å². The van der Waals surface area contributed by atoms with Crippen molar-refractivity contribution in [1.29, 1.82) is 0 Å². The molecular formula is C53H30. The summed E-state index contributed by atoms with van der Waals surface area (Å²) in [5.74, 6) is 0. The van der Waals surface area contributed by atoms with Gasteiger partial charge in [-0.25, -0.2) is 0 Å². The summed E-state index contributed by atoms with van der Waals surface area (Å²) in [6.45, 7) is 0. The van der Waals surface area contributed by atoms with Gasteiger partial charge in [-0.3, -0.25) is 0 Å². The van der Waals surface area contributed by atoms with Crippen LogP contribution >= 0.6 is 0 Å². The Bertz CT molecular complexity index is 3340. The second-order valence-electron chi connectivity index (χ2n) is 15.1. The first-order valence-electron chi connectivity index (χ1n) is 18.7. The van der Waals surface area contributed by atoms with Gasteiger partial charge in [0.15, 0.2) is 0 Å². The lowest BCUT2D eigenvalue weighted by atomic mass is 9.69. The van der Waals surface area contributed by atoms with Crippen molar-refractivity contribution < 1.29 is 0 Å². The molecule has 0 saturated heterocycles. The molecule has 0 atom stereocenters. The summed E-state index contributed by atoms with van der Waals surface area (Å²) in [7, 11) is 0. The Balaban J connectivity index is 1.21. The molecule has 0 fully saturated rings. The average molecular weight is 667 g/mol. The van der Waals surface area contributed by atoms with E-state index in [9.17, 15) is 0 Å². The zero-order valence-electron chi connectivity index (χ0n) is 28.8. The van der Waals surface area contributed by atoms with Crippen molar-refractivity contribution in [3.05, 3.63) is 204 Å². The van der Waals surface area contributed by atoms with Crippen LogP contribution < -0.4 is 0 Å². The fourth-order valence-electron chi connectivity index (χ4n) is 10.8. The van der Waals surface area contributed by atoms with Crippen molar-refractivity contribution in [2.24, 2.45) is 0 Å². The van der Waals surface area contributed by atoms with Gasteiger partial charge in [-0.15, -0.1) is 0 Å². The van der Waals surface area contributed by atoms with E-state index in [1.807, 2.05) is 0 Å². The summed E-state index contributed by atoms with van der Waals surface area (Å²) >= 11 is 0. The van der Waals surface area contributed by atoms with Crippen LogP contribution in [-0.4, -0.2) is 0 Å². The van der Waals surface area contributed by atoms with Gasteiger partial charge in [0.2, 0.25) is 0 Å². The summed E-state index contributed by atoms with van der Waals surface area (Å²) in [6.07, 6.45) is 0. The number of hydrogen-bond donors (Lipinski definition) is 0. The molecule has 0 nitrogen and oxygen atoms in total. The van der Waals surface area contributed by atoms with Crippen LogP contribution in [0, 0.1) is 0 Å². The fraction of sp³-hybridized carbons (Fsp3) is 0.0189. The van der Waals surface area contributed by atoms with E-state index in [1.165, 1.54) is 120 Å². The first kappa shape index (κ1) is 27.9. The highest BCUT2D eigenvalue weighted by Crippen LogP contribution is 2.66. The number of fused-ring (bicyclic) bond motifs is 17. The Hall–Kier alpha value is -6.76. The molecule has 0 bridgehead atoms. The Labute approximate surface area is 306 Å². The predicted octanol–water partition coefficient (Wildman–Crippen LogP) is 14.1. The number of hydrogen-bond acceptors (Lipinski definition) is 0. The van der Waals surface area contributed by atoms with E-state index < -0.39 is 5.41 Å². The molecule has 0 heteroatoms. The summed E-state index contributed by atoms with van der Waals surface area (Å²) in [5.41, 5.74) is 13.1. The molecule has 242 valence electrons. The topological polar surface area (TPSA) is 0 Å². The standard InChI is InChI=1S/C53H30/c1-2-13-37-31(10-1)25-29-47-50(37)51-41-17-4-3-14-38(41)44-30-35(36-26-22-34-21-20-32-11-9-12-33-23-27-42(36)49(34)48(32)33)24-28-43(44)52(51)53(47)45-18-7-5-15-39(45)40-16-6-8-19-46(40)53/h1-30H. The highest BCUT2D eigenvalue weighted by Gasteiger charge is 2.53. The zero-order valence-corrected chi connectivity index (χ0v) is 28.8. The molecular weight excluding hydrogens is 637 g/mol. The summed E-state index contributed by atoms with van der Waals surface area (Å²) in [6, 6.07) is 69.1. The van der Waals surface area contributed by atoms with Crippen molar-refractivity contribution in [2.45, 2.75) is 5.41 Å². The van der Waals surface area contributed by atoms with Crippen molar-refractivity contribution in [3.8, 4) is 33.4 Å². The smallest absolute Gasteiger partial charge is 0.0619 e. The molecule has 0 aromatic heterocycles. The van der Waals surface area contributed by atoms with Crippen LogP contribution in [0.1, 0.15) is 22.3 Å². The predicted molar refractivity (Wildman–Crippen MR) is 224 cm³/mol. The fourth-order valence-corrected chi connectivity index (χ4v) is 10.8. The highest BCUT2D eigenvalue weighted by molar-refractivity contribution is 6.27. The number of benzene rings is 11. The molecule has 1 spiro atoms. The molecule has 0 N–H and O–H groups in total. The van der Waals surface area contributed by atoms with Crippen LogP contribution in [-0.2, 0) is 5.41 Å². The summed E-state index contributed by atoms with van der Waals surface area (Å²) in [5, 5.41) is 15.8. The third kappa shape index (κ3) is 3.29. The second-order valence-corrected chi connectivity index (χ2v) is 15.1. The second kappa shape index (κ2) is 9.76. The van der Waals surface area contributed by atoms with Gasteiger partial charge in [-0.05, 0) is 126 Å².